The van der Waals surface area contributed by atoms with E-state index in [0.717, 1.165) is 35.3 Å². The molecule has 98 valence electrons. The number of carboxylic acid groups (broad SMARTS) is 1. The van der Waals surface area contributed by atoms with Crippen LogP contribution in [0.4, 0.5) is 0 Å². The van der Waals surface area contributed by atoms with Gasteiger partial charge in [0.05, 0.1) is 18.1 Å². The Kier molecular flexibility index (Phi) is 3.78. The van der Waals surface area contributed by atoms with Gasteiger partial charge in [0.1, 0.15) is 5.75 Å². The Hall–Kier alpha value is -1.26. The van der Waals surface area contributed by atoms with Gasteiger partial charge in [0.15, 0.2) is 0 Å². The summed E-state index contributed by atoms with van der Waals surface area (Å²) in [4.78, 5) is 10.7. The standard InChI is InChI=1S/C13H16ClNO3/c1-7-8-3-2-4-18-13(8)10(14)5-9(7)11(15)6-12(16)17/h5,11H,2-4,6,15H2,1H3,(H,16,17). The first kappa shape index (κ1) is 13.2. The molecule has 18 heavy (non-hydrogen) atoms. The number of carboxylic acids is 1. The fourth-order valence-electron chi connectivity index (χ4n) is 2.36. The molecule has 0 saturated carbocycles. The molecule has 4 nitrogen and oxygen atoms in total. The van der Waals surface area contributed by atoms with Gasteiger partial charge in [-0.15, -0.1) is 0 Å². The van der Waals surface area contributed by atoms with Gasteiger partial charge in [-0.25, -0.2) is 0 Å². The first-order chi connectivity index (χ1) is 8.50. The van der Waals surface area contributed by atoms with Crippen molar-refractivity contribution in [1.82, 2.24) is 0 Å². The number of ether oxygens (including phenoxy) is 1. The quantitative estimate of drug-likeness (QED) is 0.884. The molecule has 0 spiro atoms. The van der Waals surface area contributed by atoms with Crippen LogP contribution in [0.2, 0.25) is 5.02 Å². The van der Waals surface area contributed by atoms with Crippen molar-refractivity contribution < 1.29 is 14.6 Å². The highest BCUT2D eigenvalue weighted by atomic mass is 35.5. The van der Waals surface area contributed by atoms with E-state index in [-0.39, 0.29) is 6.42 Å². The molecule has 1 aromatic carbocycles. The molecule has 1 unspecified atom stereocenters. The number of hydrogen-bond acceptors (Lipinski definition) is 3. The average molecular weight is 270 g/mol. The summed E-state index contributed by atoms with van der Waals surface area (Å²) in [6, 6.07) is 1.20. The molecular weight excluding hydrogens is 254 g/mol. The van der Waals surface area contributed by atoms with Crippen LogP contribution in [-0.2, 0) is 11.2 Å². The third-order valence-electron chi connectivity index (χ3n) is 3.27. The first-order valence-corrected chi connectivity index (χ1v) is 6.30. The van der Waals surface area contributed by atoms with E-state index in [1.807, 2.05) is 6.92 Å². The maximum absolute atomic E-state index is 10.7. The van der Waals surface area contributed by atoms with Gasteiger partial charge in [0.25, 0.3) is 0 Å². The van der Waals surface area contributed by atoms with E-state index in [1.165, 1.54) is 0 Å². The van der Waals surface area contributed by atoms with E-state index in [1.54, 1.807) is 6.07 Å². The third-order valence-corrected chi connectivity index (χ3v) is 3.55. The van der Waals surface area contributed by atoms with E-state index in [2.05, 4.69) is 0 Å². The minimum atomic E-state index is -0.910. The van der Waals surface area contributed by atoms with Crippen molar-refractivity contribution >= 4 is 17.6 Å². The lowest BCUT2D eigenvalue weighted by Crippen LogP contribution is -2.18. The molecule has 0 fully saturated rings. The Morgan fingerprint density at radius 2 is 2.39 bits per heavy atom. The topological polar surface area (TPSA) is 72.6 Å². The smallest absolute Gasteiger partial charge is 0.305 e. The summed E-state index contributed by atoms with van der Waals surface area (Å²) in [7, 11) is 0. The van der Waals surface area contributed by atoms with Gasteiger partial charge in [-0.2, -0.15) is 0 Å². The molecule has 1 aromatic rings. The van der Waals surface area contributed by atoms with Crippen molar-refractivity contribution in [1.29, 1.82) is 0 Å². The van der Waals surface area contributed by atoms with Crippen LogP contribution in [0.5, 0.6) is 5.75 Å². The molecule has 0 aliphatic carbocycles. The number of nitrogens with two attached hydrogens (primary N) is 1. The summed E-state index contributed by atoms with van der Waals surface area (Å²) in [5, 5.41) is 9.33. The van der Waals surface area contributed by atoms with Gasteiger partial charge >= 0.3 is 5.97 Å². The number of halogens is 1. The summed E-state index contributed by atoms with van der Waals surface area (Å²) in [5.41, 5.74) is 8.78. The molecule has 0 saturated heterocycles. The predicted molar refractivity (Wildman–Crippen MR) is 69.2 cm³/mol. The second kappa shape index (κ2) is 5.16. The zero-order valence-corrected chi connectivity index (χ0v) is 11.0. The lowest BCUT2D eigenvalue weighted by Gasteiger charge is -2.24. The molecule has 0 radical (unpaired) electrons. The second-order valence-electron chi connectivity index (χ2n) is 4.54. The maximum Gasteiger partial charge on any atom is 0.305 e. The SMILES string of the molecule is Cc1c(C(N)CC(=O)O)cc(Cl)c2c1CCCO2. The Labute approximate surface area is 111 Å². The van der Waals surface area contributed by atoms with Crippen molar-refractivity contribution in [3.8, 4) is 5.75 Å². The summed E-state index contributed by atoms with van der Waals surface area (Å²) in [6.07, 6.45) is 1.74. The van der Waals surface area contributed by atoms with E-state index in [0.29, 0.717) is 11.6 Å². The molecule has 2 rings (SSSR count). The van der Waals surface area contributed by atoms with E-state index in [9.17, 15) is 4.79 Å². The molecule has 0 aromatic heterocycles. The number of fused-ring (bicyclic) bond motifs is 1. The fraction of sp³-hybridized carbons (Fsp3) is 0.462. The van der Waals surface area contributed by atoms with Crippen LogP contribution in [-0.4, -0.2) is 17.7 Å². The molecule has 1 aliphatic rings. The minimum absolute atomic E-state index is 0.100. The molecule has 3 N–H and O–H groups in total. The summed E-state index contributed by atoms with van der Waals surface area (Å²) in [6.45, 7) is 2.62. The third kappa shape index (κ3) is 2.44. The average Bonchev–Trinajstić information content (AvgIpc) is 2.33. The fourth-order valence-corrected chi connectivity index (χ4v) is 2.65. The van der Waals surface area contributed by atoms with E-state index in [4.69, 9.17) is 27.2 Å². The normalized spacial score (nSPS) is 15.7. The highest BCUT2D eigenvalue weighted by Gasteiger charge is 2.22. The molecule has 0 bridgehead atoms. The Morgan fingerprint density at radius 1 is 1.67 bits per heavy atom. The maximum atomic E-state index is 10.7. The van der Waals surface area contributed by atoms with Gasteiger partial charge in [-0.3, -0.25) is 4.79 Å². The van der Waals surface area contributed by atoms with Gasteiger partial charge in [0.2, 0.25) is 0 Å². The minimum Gasteiger partial charge on any atom is -0.492 e. The lowest BCUT2D eigenvalue weighted by atomic mass is 9.92. The van der Waals surface area contributed by atoms with Crippen LogP contribution >= 0.6 is 11.6 Å². The zero-order valence-electron chi connectivity index (χ0n) is 10.2. The molecule has 1 aliphatic heterocycles. The van der Waals surface area contributed by atoms with Crippen LogP contribution in [0.15, 0.2) is 6.07 Å². The second-order valence-corrected chi connectivity index (χ2v) is 4.94. The number of benzene rings is 1. The van der Waals surface area contributed by atoms with E-state index >= 15 is 0 Å². The number of aliphatic carboxylic acids is 1. The Morgan fingerprint density at radius 3 is 3.06 bits per heavy atom. The molecule has 0 amide bonds. The largest absolute Gasteiger partial charge is 0.492 e. The highest BCUT2D eigenvalue weighted by molar-refractivity contribution is 6.32. The van der Waals surface area contributed by atoms with Crippen LogP contribution in [0.3, 0.4) is 0 Å². The molecule has 1 heterocycles. The Balaban J connectivity index is 2.43. The molecule has 1 atom stereocenters. The summed E-state index contributed by atoms with van der Waals surface area (Å²) >= 11 is 6.17. The highest BCUT2D eigenvalue weighted by Crippen LogP contribution is 2.38. The lowest BCUT2D eigenvalue weighted by molar-refractivity contribution is -0.137. The predicted octanol–water partition coefficient (Wildman–Crippen LogP) is 2.45. The Bertz CT molecular complexity index is 488. The first-order valence-electron chi connectivity index (χ1n) is 5.92. The van der Waals surface area contributed by atoms with Crippen molar-refractivity contribution in [2.24, 2.45) is 5.73 Å². The van der Waals surface area contributed by atoms with Crippen molar-refractivity contribution in [3.63, 3.8) is 0 Å². The zero-order chi connectivity index (χ0) is 13.3. The van der Waals surface area contributed by atoms with Gasteiger partial charge < -0.3 is 15.6 Å². The van der Waals surface area contributed by atoms with Crippen molar-refractivity contribution in [2.75, 3.05) is 6.61 Å². The van der Waals surface area contributed by atoms with Crippen LogP contribution in [0, 0.1) is 6.92 Å². The number of rotatable bonds is 3. The van der Waals surface area contributed by atoms with E-state index < -0.39 is 12.0 Å². The van der Waals surface area contributed by atoms with Crippen LogP contribution in [0.1, 0.15) is 35.6 Å². The summed E-state index contributed by atoms with van der Waals surface area (Å²) in [5.74, 6) is -0.182. The number of hydrogen-bond donors (Lipinski definition) is 2. The summed E-state index contributed by atoms with van der Waals surface area (Å²) < 4.78 is 5.56. The van der Waals surface area contributed by atoms with Gasteiger partial charge in [0, 0.05) is 6.04 Å². The van der Waals surface area contributed by atoms with Crippen molar-refractivity contribution in [3.05, 3.63) is 27.8 Å². The molecular formula is C13H16ClNO3. The van der Waals surface area contributed by atoms with Crippen molar-refractivity contribution in [2.45, 2.75) is 32.2 Å². The molecule has 5 heteroatoms. The van der Waals surface area contributed by atoms with Gasteiger partial charge in [-0.1, -0.05) is 11.6 Å². The van der Waals surface area contributed by atoms with Crippen LogP contribution < -0.4 is 10.5 Å². The number of carbonyl (C=O) groups is 1. The monoisotopic (exact) mass is 269 g/mol. The van der Waals surface area contributed by atoms with Crippen LogP contribution in [0.25, 0.3) is 0 Å². The van der Waals surface area contributed by atoms with Gasteiger partial charge in [-0.05, 0) is 42.5 Å².